The summed E-state index contributed by atoms with van der Waals surface area (Å²) in [6.07, 6.45) is 0. The molecular formula is C16H19F2N3O2S. The molecule has 0 saturated heterocycles. The Kier molecular flexibility index (Phi) is 6.51. The van der Waals surface area contributed by atoms with Crippen LogP contribution in [0.25, 0.3) is 0 Å². The molecule has 0 spiro atoms. The molecule has 130 valence electrons. The highest BCUT2D eigenvalue weighted by atomic mass is 32.1. The molecule has 1 atom stereocenters. The van der Waals surface area contributed by atoms with Crippen molar-refractivity contribution in [3.8, 4) is 5.75 Å². The minimum absolute atomic E-state index is 0.00718. The van der Waals surface area contributed by atoms with E-state index in [1.165, 1.54) is 18.2 Å². The first-order valence-electron chi connectivity index (χ1n) is 7.24. The Labute approximate surface area is 143 Å². The summed E-state index contributed by atoms with van der Waals surface area (Å²) in [5, 5.41) is 9.41. The van der Waals surface area contributed by atoms with Gasteiger partial charge in [0.05, 0.1) is 6.04 Å². The summed E-state index contributed by atoms with van der Waals surface area (Å²) in [6.45, 7) is -2.48. The molecule has 1 aromatic carbocycles. The molecule has 2 rings (SSSR count). The van der Waals surface area contributed by atoms with Gasteiger partial charge < -0.3 is 20.3 Å². The molecular weight excluding hydrogens is 336 g/mol. The van der Waals surface area contributed by atoms with Crippen LogP contribution in [0.5, 0.6) is 5.75 Å². The number of nitrogens with zero attached hydrogens (tertiary/aromatic N) is 1. The van der Waals surface area contributed by atoms with E-state index < -0.39 is 12.6 Å². The fraction of sp³-hybridized carbons (Fsp3) is 0.312. The van der Waals surface area contributed by atoms with Gasteiger partial charge in [-0.25, -0.2) is 4.79 Å². The van der Waals surface area contributed by atoms with Crippen molar-refractivity contribution in [1.29, 1.82) is 0 Å². The number of hydrogen-bond donors (Lipinski definition) is 2. The third-order valence-electron chi connectivity index (χ3n) is 3.32. The molecule has 0 aliphatic heterocycles. The molecule has 1 heterocycles. The maximum Gasteiger partial charge on any atom is 0.387 e. The molecule has 2 aromatic rings. The zero-order chi connectivity index (χ0) is 17.5. The predicted octanol–water partition coefficient (Wildman–Crippen LogP) is 3.77. The lowest BCUT2D eigenvalue weighted by Crippen LogP contribution is -2.36. The van der Waals surface area contributed by atoms with Gasteiger partial charge in [0.25, 0.3) is 0 Å². The SMILES string of the molecule is CN(C)[C@@H](CNC(=O)Nc1cccc(OC(F)F)c1)c1ccsc1. The van der Waals surface area contributed by atoms with Crippen LogP contribution in [0.2, 0.25) is 0 Å². The van der Waals surface area contributed by atoms with Crippen molar-refractivity contribution >= 4 is 23.1 Å². The number of alkyl halides is 2. The number of carbonyl (C=O) groups excluding carboxylic acids is 1. The number of likely N-dealkylation sites (N-methyl/N-ethyl adjacent to an activating group) is 1. The number of hydrogen-bond acceptors (Lipinski definition) is 4. The molecule has 1 aromatic heterocycles. The quantitative estimate of drug-likeness (QED) is 0.795. The van der Waals surface area contributed by atoms with Crippen LogP contribution in [0.3, 0.4) is 0 Å². The molecule has 24 heavy (non-hydrogen) atoms. The van der Waals surface area contributed by atoms with Gasteiger partial charge >= 0.3 is 12.6 Å². The van der Waals surface area contributed by atoms with Gasteiger partial charge in [-0.2, -0.15) is 20.1 Å². The van der Waals surface area contributed by atoms with E-state index in [0.29, 0.717) is 12.2 Å². The van der Waals surface area contributed by atoms with Crippen molar-refractivity contribution in [3.05, 3.63) is 46.7 Å². The van der Waals surface area contributed by atoms with Crippen LogP contribution >= 0.6 is 11.3 Å². The van der Waals surface area contributed by atoms with Crippen molar-refractivity contribution in [3.63, 3.8) is 0 Å². The summed E-state index contributed by atoms with van der Waals surface area (Å²) in [6, 6.07) is 7.52. The minimum Gasteiger partial charge on any atom is -0.435 e. The second-order valence-electron chi connectivity index (χ2n) is 5.28. The molecule has 2 amide bonds. The van der Waals surface area contributed by atoms with Crippen molar-refractivity contribution < 1.29 is 18.3 Å². The second-order valence-corrected chi connectivity index (χ2v) is 6.06. The van der Waals surface area contributed by atoms with Gasteiger partial charge in [0.15, 0.2) is 0 Å². The number of nitrogens with one attached hydrogen (secondary N) is 2. The molecule has 0 radical (unpaired) electrons. The number of thiophene rings is 1. The van der Waals surface area contributed by atoms with E-state index in [-0.39, 0.29) is 11.8 Å². The Morgan fingerprint density at radius 2 is 2.12 bits per heavy atom. The third-order valence-corrected chi connectivity index (χ3v) is 4.03. The fourth-order valence-corrected chi connectivity index (χ4v) is 2.88. The highest BCUT2D eigenvalue weighted by Crippen LogP contribution is 2.21. The Balaban J connectivity index is 1.91. The molecule has 0 bridgehead atoms. The second kappa shape index (κ2) is 8.60. The summed E-state index contributed by atoms with van der Waals surface area (Å²) in [4.78, 5) is 14.0. The number of ether oxygens (including phenoxy) is 1. The van der Waals surface area contributed by atoms with Crippen LogP contribution in [-0.2, 0) is 0 Å². The van der Waals surface area contributed by atoms with E-state index in [1.807, 2.05) is 35.8 Å². The zero-order valence-electron chi connectivity index (χ0n) is 13.3. The first-order valence-corrected chi connectivity index (χ1v) is 8.18. The molecule has 0 fully saturated rings. The summed E-state index contributed by atoms with van der Waals surface area (Å²) in [5.74, 6) is -0.00718. The lowest BCUT2D eigenvalue weighted by atomic mass is 10.1. The number of halogens is 2. The number of benzene rings is 1. The van der Waals surface area contributed by atoms with Crippen LogP contribution < -0.4 is 15.4 Å². The fourth-order valence-electron chi connectivity index (χ4n) is 2.18. The highest BCUT2D eigenvalue weighted by Gasteiger charge is 2.15. The van der Waals surface area contributed by atoms with Crippen molar-refractivity contribution in [2.45, 2.75) is 12.7 Å². The van der Waals surface area contributed by atoms with Crippen molar-refractivity contribution in [2.24, 2.45) is 0 Å². The lowest BCUT2D eigenvalue weighted by molar-refractivity contribution is -0.0497. The summed E-state index contributed by atoms with van der Waals surface area (Å²) < 4.78 is 28.7. The first-order chi connectivity index (χ1) is 11.5. The third kappa shape index (κ3) is 5.47. The van der Waals surface area contributed by atoms with Gasteiger partial charge in [0.1, 0.15) is 5.75 Å². The number of amides is 2. The van der Waals surface area contributed by atoms with Gasteiger partial charge in [-0.15, -0.1) is 0 Å². The van der Waals surface area contributed by atoms with E-state index in [2.05, 4.69) is 15.4 Å². The van der Waals surface area contributed by atoms with Gasteiger partial charge in [-0.3, -0.25) is 0 Å². The molecule has 0 saturated carbocycles. The zero-order valence-corrected chi connectivity index (χ0v) is 14.1. The first kappa shape index (κ1) is 18.2. The smallest absolute Gasteiger partial charge is 0.387 e. The highest BCUT2D eigenvalue weighted by molar-refractivity contribution is 7.07. The predicted molar refractivity (Wildman–Crippen MR) is 90.8 cm³/mol. The maximum atomic E-state index is 12.2. The van der Waals surface area contributed by atoms with Gasteiger partial charge in [0.2, 0.25) is 0 Å². The van der Waals surface area contributed by atoms with E-state index in [4.69, 9.17) is 0 Å². The topological polar surface area (TPSA) is 53.6 Å². The van der Waals surface area contributed by atoms with E-state index in [9.17, 15) is 13.6 Å². The molecule has 5 nitrogen and oxygen atoms in total. The van der Waals surface area contributed by atoms with Gasteiger partial charge in [-0.1, -0.05) is 6.07 Å². The van der Waals surface area contributed by atoms with Crippen LogP contribution in [0.4, 0.5) is 19.3 Å². The molecule has 8 heteroatoms. The largest absolute Gasteiger partial charge is 0.435 e. The standard InChI is InChI=1S/C16H19F2N3O2S/c1-21(2)14(11-6-7-24-10-11)9-19-16(22)20-12-4-3-5-13(8-12)23-15(17)18/h3-8,10,14-15H,9H2,1-2H3,(H2,19,20,22)/t14-/m0/s1. The van der Waals surface area contributed by atoms with Gasteiger partial charge in [-0.05, 0) is 48.6 Å². The average molecular weight is 355 g/mol. The number of carbonyl (C=O) groups is 1. The van der Waals surface area contributed by atoms with Crippen molar-refractivity contribution in [1.82, 2.24) is 10.2 Å². The normalized spacial score (nSPS) is 12.2. The summed E-state index contributed by atoms with van der Waals surface area (Å²) >= 11 is 1.60. The Bertz CT molecular complexity index is 651. The van der Waals surface area contributed by atoms with E-state index in [1.54, 1.807) is 17.4 Å². The Morgan fingerprint density at radius 3 is 2.75 bits per heavy atom. The van der Waals surface area contributed by atoms with E-state index >= 15 is 0 Å². The monoisotopic (exact) mass is 355 g/mol. The molecule has 0 aliphatic rings. The molecule has 0 aliphatic carbocycles. The summed E-state index contributed by atoms with van der Waals surface area (Å²) in [5.41, 5.74) is 1.50. The Hall–Kier alpha value is -2.19. The van der Waals surface area contributed by atoms with Crippen molar-refractivity contribution in [2.75, 3.05) is 26.0 Å². The molecule has 0 unspecified atom stereocenters. The maximum absolute atomic E-state index is 12.2. The van der Waals surface area contributed by atoms with Crippen LogP contribution in [0.1, 0.15) is 11.6 Å². The minimum atomic E-state index is -2.90. The molecule has 2 N–H and O–H groups in total. The Morgan fingerprint density at radius 1 is 1.33 bits per heavy atom. The lowest BCUT2D eigenvalue weighted by Gasteiger charge is -2.24. The number of rotatable bonds is 7. The van der Waals surface area contributed by atoms with Crippen LogP contribution in [0, 0.1) is 0 Å². The average Bonchev–Trinajstić information content (AvgIpc) is 3.00. The number of anilines is 1. The summed E-state index contributed by atoms with van der Waals surface area (Å²) in [7, 11) is 3.88. The van der Waals surface area contributed by atoms with Crippen LogP contribution in [-0.4, -0.2) is 38.2 Å². The van der Waals surface area contributed by atoms with E-state index in [0.717, 1.165) is 5.56 Å². The van der Waals surface area contributed by atoms with Crippen LogP contribution in [0.15, 0.2) is 41.1 Å². The van der Waals surface area contributed by atoms with Gasteiger partial charge in [0, 0.05) is 18.3 Å². The number of urea groups is 1.